The summed E-state index contributed by atoms with van der Waals surface area (Å²) >= 11 is 0. The molecule has 1 aromatic carbocycles. The van der Waals surface area contributed by atoms with E-state index in [1.807, 2.05) is 29.2 Å². The Morgan fingerprint density at radius 2 is 1.67 bits per heavy atom. The average molecular weight is 247 g/mol. The molecule has 1 heterocycles. The van der Waals surface area contributed by atoms with Gasteiger partial charge in [-0.25, -0.2) is 0 Å². The minimum atomic E-state index is 0.0723. The van der Waals surface area contributed by atoms with Crippen LogP contribution in [0.2, 0.25) is 0 Å². The molecule has 0 spiro atoms. The van der Waals surface area contributed by atoms with E-state index in [1.54, 1.807) is 0 Å². The van der Waals surface area contributed by atoms with E-state index in [2.05, 4.69) is 0 Å². The highest BCUT2D eigenvalue weighted by Crippen LogP contribution is 2.15. The number of amides is 1. The maximum atomic E-state index is 12.0. The summed E-state index contributed by atoms with van der Waals surface area (Å²) in [5.41, 5.74) is 2.05. The van der Waals surface area contributed by atoms with Gasteiger partial charge in [0.15, 0.2) is 0 Å². The molecule has 98 valence electrons. The Hall–Kier alpha value is -1.35. The van der Waals surface area contributed by atoms with E-state index in [4.69, 9.17) is 5.11 Å². The number of likely N-dealkylation sites (tertiary alicyclic amines) is 1. The number of carbonyl (C=O) groups excluding carboxylic acids is 1. The zero-order chi connectivity index (χ0) is 12.8. The van der Waals surface area contributed by atoms with Crippen molar-refractivity contribution >= 4 is 5.91 Å². The minimum absolute atomic E-state index is 0.0723. The molecule has 3 nitrogen and oxygen atoms in total. The Morgan fingerprint density at radius 1 is 1.00 bits per heavy atom. The molecule has 1 aliphatic rings. The van der Waals surface area contributed by atoms with E-state index in [1.165, 1.54) is 12.8 Å². The maximum absolute atomic E-state index is 12.0. The molecule has 0 saturated carbocycles. The molecule has 1 amide bonds. The van der Waals surface area contributed by atoms with E-state index in [9.17, 15) is 4.79 Å². The van der Waals surface area contributed by atoms with Crippen molar-refractivity contribution in [2.75, 3.05) is 6.54 Å². The Kier molecular flexibility index (Phi) is 4.76. The number of carbonyl (C=O) groups is 1. The van der Waals surface area contributed by atoms with Crippen LogP contribution in [-0.2, 0) is 17.9 Å². The molecule has 1 saturated heterocycles. The highest BCUT2D eigenvalue weighted by Gasteiger charge is 2.15. The van der Waals surface area contributed by atoms with Crippen molar-refractivity contribution < 1.29 is 9.90 Å². The van der Waals surface area contributed by atoms with Crippen LogP contribution in [0.25, 0.3) is 0 Å². The van der Waals surface area contributed by atoms with Gasteiger partial charge in [-0.2, -0.15) is 0 Å². The van der Waals surface area contributed by atoms with Crippen LogP contribution in [0.4, 0.5) is 0 Å². The molecule has 1 aromatic rings. The first-order valence-corrected chi connectivity index (χ1v) is 6.76. The highest BCUT2D eigenvalue weighted by molar-refractivity contribution is 5.76. The summed E-state index contributed by atoms with van der Waals surface area (Å²) in [5, 5.41) is 9.00. The Labute approximate surface area is 108 Å². The summed E-state index contributed by atoms with van der Waals surface area (Å²) in [6.07, 6.45) is 5.24. The quantitative estimate of drug-likeness (QED) is 0.891. The molecule has 0 aliphatic carbocycles. The van der Waals surface area contributed by atoms with Gasteiger partial charge in [0.2, 0.25) is 5.91 Å². The predicted molar refractivity (Wildman–Crippen MR) is 70.9 cm³/mol. The van der Waals surface area contributed by atoms with Gasteiger partial charge >= 0.3 is 0 Å². The first-order chi connectivity index (χ1) is 8.79. The number of benzene rings is 1. The second-order valence-electron chi connectivity index (χ2n) is 4.95. The number of aliphatic hydroxyl groups excluding tert-OH is 1. The summed E-state index contributed by atoms with van der Waals surface area (Å²) in [5.74, 6) is 0.279. The van der Waals surface area contributed by atoms with Crippen LogP contribution < -0.4 is 0 Å². The monoisotopic (exact) mass is 247 g/mol. The average Bonchev–Trinajstić information content (AvgIpc) is 2.39. The molecule has 1 fully saturated rings. The van der Waals surface area contributed by atoms with Crippen molar-refractivity contribution in [2.45, 2.75) is 45.3 Å². The SMILES string of the molecule is O=C1CCCCCCN1Cc1ccc(CO)cc1. The molecule has 0 bridgehead atoms. The summed E-state index contributed by atoms with van der Waals surface area (Å²) in [6, 6.07) is 7.84. The van der Waals surface area contributed by atoms with E-state index in [-0.39, 0.29) is 12.5 Å². The molecule has 1 aliphatic heterocycles. The number of rotatable bonds is 3. The Morgan fingerprint density at radius 3 is 2.39 bits per heavy atom. The van der Waals surface area contributed by atoms with E-state index < -0.39 is 0 Å². The Bertz CT molecular complexity index is 386. The third kappa shape index (κ3) is 3.57. The van der Waals surface area contributed by atoms with E-state index in [0.717, 1.165) is 30.5 Å². The van der Waals surface area contributed by atoms with Gasteiger partial charge in [0.05, 0.1) is 6.61 Å². The van der Waals surface area contributed by atoms with Crippen LogP contribution in [0.15, 0.2) is 24.3 Å². The number of hydrogen-bond acceptors (Lipinski definition) is 2. The maximum Gasteiger partial charge on any atom is 0.222 e. The molecule has 2 rings (SSSR count). The standard InChI is InChI=1S/C15H21NO2/c17-12-14-8-6-13(7-9-14)11-16-10-4-2-1-3-5-15(16)18/h6-9,17H,1-5,10-12H2. The van der Waals surface area contributed by atoms with Crippen LogP contribution in [0.3, 0.4) is 0 Å². The summed E-state index contributed by atoms with van der Waals surface area (Å²) < 4.78 is 0. The van der Waals surface area contributed by atoms with Crippen LogP contribution in [-0.4, -0.2) is 22.5 Å². The normalized spacial score (nSPS) is 17.4. The van der Waals surface area contributed by atoms with Gasteiger partial charge in [0.1, 0.15) is 0 Å². The van der Waals surface area contributed by atoms with Gasteiger partial charge in [0.25, 0.3) is 0 Å². The number of hydrogen-bond donors (Lipinski definition) is 1. The molecule has 0 atom stereocenters. The van der Waals surface area contributed by atoms with Gasteiger partial charge in [0, 0.05) is 19.5 Å². The van der Waals surface area contributed by atoms with Crippen LogP contribution >= 0.6 is 0 Å². The van der Waals surface area contributed by atoms with Crippen molar-refractivity contribution in [3.05, 3.63) is 35.4 Å². The van der Waals surface area contributed by atoms with Crippen LogP contribution in [0.1, 0.15) is 43.2 Å². The second kappa shape index (κ2) is 6.55. The van der Waals surface area contributed by atoms with Gasteiger partial charge in [-0.3, -0.25) is 4.79 Å². The molecular formula is C15H21NO2. The van der Waals surface area contributed by atoms with Gasteiger partial charge < -0.3 is 10.0 Å². The first kappa shape index (κ1) is 13.1. The summed E-state index contributed by atoms with van der Waals surface area (Å²) in [7, 11) is 0. The van der Waals surface area contributed by atoms with Crippen LogP contribution in [0.5, 0.6) is 0 Å². The largest absolute Gasteiger partial charge is 0.392 e. The van der Waals surface area contributed by atoms with Gasteiger partial charge in [-0.1, -0.05) is 37.1 Å². The highest BCUT2D eigenvalue weighted by atomic mass is 16.3. The van der Waals surface area contributed by atoms with Gasteiger partial charge in [-0.05, 0) is 24.0 Å². The van der Waals surface area contributed by atoms with Crippen molar-refractivity contribution in [2.24, 2.45) is 0 Å². The summed E-state index contributed by atoms with van der Waals surface area (Å²) in [4.78, 5) is 13.9. The fourth-order valence-corrected chi connectivity index (χ4v) is 2.35. The summed E-state index contributed by atoms with van der Waals surface area (Å²) in [6.45, 7) is 1.65. The lowest BCUT2D eigenvalue weighted by molar-refractivity contribution is -0.132. The lowest BCUT2D eigenvalue weighted by atomic mass is 10.1. The van der Waals surface area contributed by atoms with Crippen LogP contribution in [0, 0.1) is 0 Å². The third-order valence-corrected chi connectivity index (χ3v) is 3.50. The molecule has 0 radical (unpaired) electrons. The lowest BCUT2D eigenvalue weighted by Gasteiger charge is -2.25. The topological polar surface area (TPSA) is 40.5 Å². The predicted octanol–water partition coefficient (Wildman–Crippen LogP) is 2.47. The van der Waals surface area contributed by atoms with E-state index in [0.29, 0.717) is 13.0 Å². The van der Waals surface area contributed by atoms with Crippen molar-refractivity contribution in [1.29, 1.82) is 0 Å². The molecule has 0 unspecified atom stereocenters. The van der Waals surface area contributed by atoms with Crippen molar-refractivity contribution in [3.8, 4) is 0 Å². The number of aliphatic hydroxyl groups is 1. The third-order valence-electron chi connectivity index (χ3n) is 3.50. The van der Waals surface area contributed by atoms with Crippen molar-refractivity contribution in [3.63, 3.8) is 0 Å². The van der Waals surface area contributed by atoms with Crippen molar-refractivity contribution in [1.82, 2.24) is 4.90 Å². The Balaban J connectivity index is 1.98. The second-order valence-corrected chi connectivity index (χ2v) is 4.95. The van der Waals surface area contributed by atoms with E-state index >= 15 is 0 Å². The molecule has 3 heteroatoms. The number of nitrogens with zero attached hydrogens (tertiary/aromatic N) is 1. The first-order valence-electron chi connectivity index (χ1n) is 6.76. The minimum Gasteiger partial charge on any atom is -0.392 e. The molecule has 1 N–H and O–H groups in total. The smallest absolute Gasteiger partial charge is 0.222 e. The zero-order valence-corrected chi connectivity index (χ0v) is 10.8. The fraction of sp³-hybridized carbons (Fsp3) is 0.533. The molecule has 0 aromatic heterocycles. The zero-order valence-electron chi connectivity index (χ0n) is 10.8. The fourth-order valence-electron chi connectivity index (χ4n) is 2.35. The molecular weight excluding hydrogens is 226 g/mol. The van der Waals surface area contributed by atoms with Gasteiger partial charge in [-0.15, -0.1) is 0 Å². The molecule has 18 heavy (non-hydrogen) atoms. The lowest BCUT2D eigenvalue weighted by Crippen LogP contribution is -2.32.